The Morgan fingerprint density at radius 1 is 1.39 bits per heavy atom. The number of anilines is 2. The average Bonchev–Trinajstić information content (AvgIpc) is 2.24. The molecule has 0 saturated heterocycles. The van der Waals surface area contributed by atoms with Gasteiger partial charge in [-0.15, -0.1) is 0 Å². The van der Waals surface area contributed by atoms with Gasteiger partial charge in [0.15, 0.2) is 0 Å². The Morgan fingerprint density at radius 3 is 2.50 bits per heavy atom. The van der Waals surface area contributed by atoms with Crippen molar-refractivity contribution in [3.8, 4) is 0 Å². The van der Waals surface area contributed by atoms with Crippen LogP contribution in [0, 0.1) is 0 Å². The fraction of sp³-hybridized carbons (Fsp3) is 0.462. The van der Waals surface area contributed by atoms with Crippen LogP contribution < -0.4 is 16.0 Å². The highest BCUT2D eigenvalue weighted by molar-refractivity contribution is 5.95. The topological polar surface area (TPSA) is 78.6 Å². The van der Waals surface area contributed by atoms with Gasteiger partial charge in [-0.1, -0.05) is 12.1 Å². The zero-order valence-electron chi connectivity index (χ0n) is 11.1. The van der Waals surface area contributed by atoms with E-state index in [4.69, 9.17) is 10.8 Å². The van der Waals surface area contributed by atoms with E-state index in [1.54, 1.807) is 24.3 Å². The van der Waals surface area contributed by atoms with Crippen LogP contribution in [0.3, 0.4) is 0 Å². The summed E-state index contributed by atoms with van der Waals surface area (Å²) in [5.74, 6) is 0. The van der Waals surface area contributed by atoms with Crippen molar-refractivity contribution in [2.45, 2.75) is 26.3 Å². The molecule has 5 nitrogen and oxygen atoms in total. The first-order chi connectivity index (χ1) is 8.35. The number of carbonyl (C=O) groups excluding carboxylic acids is 1. The number of nitrogens with one attached hydrogen (secondary N) is 1. The number of urea groups is 1. The fourth-order valence-electron chi connectivity index (χ4n) is 1.55. The molecular weight excluding hydrogens is 230 g/mol. The number of amides is 2. The number of aliphatic hydroxyl groups is 1. The molecule has 18 heavy (non-hydrogen) atoms. The number of nitrogens with two attached hydrogens (primary N) is 1. The maximum absolute atomic E-state index is 12.1. The minimum atomic E-state index is -0.339. The first-order valence-electron chi connectivity index (χ1n) is 5.90. The highest BCUT2D eigenvalue weighted by Gasteiger charge is 2.21. The second-order valence-corrected chi connectivity index (χ2v) is 5.11. The summed E-state index contributed by atoms with van der Waals surface area (Å²) in [6.07, 6.45) is 0. The van der Waals surface area contributed by atoms with E-state index in [0.29, 0.717) is 11.4 Å². The summed E-state index contributed by atoms with van der Waals surface area (Å²) >= 11 is 0. The third-order valence-electron chi connectivity index (χ3n) is 2.28. The smallest absolute Gasteiger partial charge is 0.322 e. The zero-order valence-corrected chi connectivity index (χ0v) is 11.1. The maximum atomic E-state index is 12.1. The van der Waals surface area contributed by atoms with Crippen LogP contribution in [0.5, 0.6) is 0 Å². The molecule has 0 atom stereocenters. The van der Waals surface area contributed by atoms with Crippen molar-refractivity contribution >= 4 is 17.4 Å². The molecule has 0 heterocycles. The van der Waals surface area contributed by atoms with Crippen molar-refractivity contribution in [2.75, 3.05) is 23.8 Å². The Hall–Kier alpha value is -1.75. The second kappa shape index (κ2) is 5.73. The lowest BCUT2D eigenvalue weighted by Crippen LogP contribution is -2.49. The number of benzene rings is 1. The monoisotopic (exact) mass is 251 g/mol. The first-order valence-corrected chi connectivity index (χ1v) is 5.90. The number of hydrogen-bond donors (Lipinski definition) is 3. The van der Waals surface area contributed by atoms with Gasteiger partial charge in [0.25, 0.3) is 0 Å². The van der Waals surface area contributed by atoms with E-state index in [2.05, 4.69) is 5.32 Å². The SMILES string of the molecule is CC(C)(C)NC(=O)N(CCO)c1ccccc1N. The molecule has 0 aromatic heterocycles. The van der Waals surface area contributed by atoms with Gasteiger partial charge >= 0.3 is 6.03 Å². The third kappa shape index (κ3) is 3.92. The van der Waals surface area contributed by atoms with Crippen LogP contribution in [-0.2, 0) is 0 Å². The second-order valence-electron chi connectivity index (χ2n) is 5.11. The van der Waals surface area contributed by atoms with E-state index in [-0.39, 0.29) is 24.7 Å². The van der Waals surface area contributed by atoms with Gasteiger partial charge < -0.3 is 16.2 Å². The molecule has 1 aromatic carbocycles. The fourth-order valence-corrected chi connectivity index (χ4v) is 1.55. The van der Waals surface area contributed by atoms with Crippen LogP contribution in [0.25, 0.3) is 0 Å². The van der Waals surface area contributed by atoms with Gasteiger partial charge in [-0.3, -0.25) is 4.90 Å². The van der Waals surface area contributed by atoms with Crippen LogP contribution in [-0.4, -0.2) is 29.8 Å². The summed E-state index contributed by atoms with van der Waals surface area (Å²) in [7, 11) is 0. The lowest BCUT2D eigenvalue weighted by Gasteiger charge is -2.28. The normalized spacial score (nSPS) is 11.1. The van der Waals surface area contributed by atoms with E-state index >= 15 is 0 Å². The third-order valence-corrected chi connectivity index (χ3v) is 2.28. The highest BCUT2D eigenvalue weighted by atomic mass is 16.3. The van der Waals surface area contributed by atoms with E-state index in [9.17, 15) is 4.79 Å². The predicted octanol–water partition coefficient (Wildman–Crippen LogP) is 1.58. The van der Waals surface area contributed by atoms with E-state index in [1.165, 1.54) is 4.90 Å². The minimum absolute atomic E-state index is 0.119. The standard InChI is InChI=1S/C13H21N3O2/c1-13(2,3)15-12(18)16(8-9-17)11-7-5-4-6-10(11)14/h4-7,17H,8-9,14H2,1-3H3,(H,15,18). The van der Waals surface area contributed by atoms with Crippen molar-refractivity contribution < 1.29 is 9.90 Å². The molecular formula is C13H21N3O2. The number of hydrogen-bond acceptors (Lipinski definition) is 3. The molecule has 1 rings (SSSR count). The molecule has 0 aliphatic rings. The summed E-state index contributed by atoms with van der Waals surface area (Å²) in [5, 5.41) is 11.9. The van der Waals surface area contributed by atoms with Gasteiger partial charge in [-0.05, 0) is 32.9 Å². The predicted molar refractivity (Wildman–Crippen MR) is 73.6 cm³/mol. The molecule has 0 aliphatic heterocycles. The minimum Gasteiger partial charge on any atom is -0.397 e. The van der Waals surface area contributed by atoms with Crippen molar-refractivity contribution in [2.24, 2.45) is 0 Å². The number of nitrogen functional groups attached to an aromatic ring is 1. The summed E-state index contributed by atoms with van der Waals surface area (Å²) in [5.41, 5.74) is 6.63. The van der Waals surface area contributed by atoms with Gasteiger partial charge in [0.2, 0.25) is 0 Å². The molecule has 0 fully saturated rings. The van der Waals surface area contributed by atoms with Gasteiger partial charge in [0, 0.05) is 5.54 Å². The van der Waals surface area contributed by atoms with E-state index in [1.807, 2.05) is 20.8 Å². The molecule has 5 heteroatoms. The van der Waals surface area contributed by atoms with Crippen LogP contribution >= 0.6 is 0 Å². The molecule has 0 spiro atoms. The Balaban J connectivity index is 2.96. The lowest BCUT2D eigenvalue weighted by atomic mass is 10.1. The quantitative estimate of drug-likeness (QED) is 0.714. The zero-order chi connectivity index (χ0) is 13.8. The number of nitrogens with zero attached hydrogens (tertiary/aromatic N) is 1. The largest absolute Gasteiger partial charge is 0.397 e. The Labute approximate surface area is 108 Å². The summed E-state index contributed by atoms with van der Waals surface area (Å²) < 4.78 is 0. The Kier molecular flexibility index (Phi) is 4.55. The number of aliphatic hydroxyl groups excluding tert-OH is 1. The van der Waals surface area contributed by atoms with Crippen molar-refractivity contribution in [3.63, 3.8) is 0 Å². The summed E-state index contributed by atoms with van der Waals surface area (Å²) in [6.45, 7) is 5.78. The molecule has 0 saturated carbocycles. The van der Waals surface area contributed by atoms with Crippen molar-refractivity contribution in [1.29, 1.82) is 0 Å². The molecule has 4 N–H and O–H groups in total. The molecule has 0 unspecified atom stereocenters. The van der Waals surface area contributed by atoms with Crippen LogP contribution in [0.1, 0.15) is 20.8 Å². The van der Waals surface area contributed by atoms with Gasteiger partial charge in [0.05, 0.1) is 24.5 Å². The molecule has 0 aliphatic carbocycles. The number of carbonyl (C=O) groups is 1. The lowest BCUT2D eigenvalue weighted by molar-refractivity contribution is 0.233. The molecule has 1 aromatic rings. The van der Waals surface area contributed by atoms with Crippen LogP contribution in [0.4, 0.5) is 16.2 Å². The molecule has 2 amide bonds. The van der Waals surface area contributed by atoms with E-state index < -0.39 is 0 Å². The van der Waals surface area contributed by atoms with Crippen LogP contribution in [0.2, 0.25) is 0 Å². The first kappa shape index (κ1) is 14.3. The van der Waals surface area contributed by atoms with Crippen molar-refractivity contribution in [3.05, 3.63) is 24.3 Å². The van der Waals surface area contributed by atoms with E-state index in [0.717, 1.165) is 0 Å². The Bertz CT molecular complexity index is 413. The highest BCUT2D eigenvalue weighted by Crippen LogP contribution is 2.22. The summed E-state index contributed by atoms with van der Waals surface area (Å²) in [4.78, 5) is 13.6. The van der Waals surface area contributed by atoms with Crippen molar-refractivity contribution in [1.82, 2.24) is 5.32 Å². The van der Waals surface area contributed by atoms with Gasteiger partial charge in [-0.25, -0.2) is 4.79 Å². The maximum Gasteiger partial charge on any atom is 0.322 e. The average molecular weight is 251 g/mol. The van der Waals surface area contributed by atoms with Crippen LogP contribution in [0.15, 0.2) is 24.3 Å². The molecule has 0 bridgehead atoms. The van der Waals surface area contributed by atoms with Gasteiger partial charge in [0.1, 0.15) is 0 Å². The number of para-hydroxylation sites is 2. The summed E-state index contributed by atoms with van der Waals surface area (Å²) in [6, 6.07) is 6.82. The molecule has 100 valence electrons. The molecule has 0 radical (unpaired) electrons. The Morgan fingerprint density at radius 2 is 2.00 bits per heavy atom. The number of rotatable bonds is 3. The van der Waals surface area contributed by atoms with Gasteiger partial charge in [-0.2, -0.15) is 0 Å².